The van der Waals surface area contributed by atoms with Crippen molar-refractivity contribution in [2.75, 3.05) is 13.1 Å². The van der Waals surface area contributed by atoms with E-state index in [1.165, 1.54) is 0 Å². The molecule has 0 saturated carbocycles. The summed E-state index contributed by atoms with van der Waals surface area (Å²) in [5, 5.41) is 3.30. The van der Waals surface area contributed by atoms with Crippen molar-refractivity contribution in [2.45, 2.75) is 0 Å². The number of hydrogen-bond acceptors (Lipinski definition) is 1. The highest BCUT2D eigenvalue weighted by Crippen LogP contribution is 2.21. The normalized spacial score (nSPS) is 33.0. The molecule has 1 N–H and O–H groups in total. The molecular weight excluding hydrogens is 98.1 g/mol. The lowest BCUT2D eigenvalue weighted by molar-refractivity contribution is 0.783. The summed E-state index contributed by atoms with van der Waals surface area (Å²) in [6, 6.07) is 0. The third-order valence-electron chi connectivity index (χ3n) is 1.82. The van der Waals surface area contributed by atoms with Crippen LogP contribution in [0.3, 0.4) is 0 Å². The SMILES string of the molecule is C1=CC2CNCC2=C1. The molecule has 0 bridgehead atoms. The molecule has 0 radical (unpaired) electrons. The summed E-state index contributed by atoms with van der Waals surface area (Å²) < 4.78 is 0. The lowest BCUT2D eigenvalue weighted by Crippen LogP contribution is -2.07. The van der Waals surface area contributed by atoms with Gasteiger partial charge in [0.2, 0.25) is 0 Å². The highest BCUT2D eigenvalue weighted by atomic mass is 14.9. The van der Waals surface area contributed by atoms with Crippen molar-refractivity contribution < 1.29 is 0 Å². The van der Waals surface area contributed by atoms with Crippen molar-refractivity contribution in [3.8, 4) is 0 Å². The average Bonchev–Trinajstić information content (AvgIpc) is 2.15. The lowest BCUT2D eigenvalue weighted by atomic mass is 10.1. The van der Waals surface area contributed by atoms with Gasteiger partial charge in [-0.3, -0.25) is 0 Å². The number of fused-ring (bicyclic) bond motifs is 1. The smallest absolute Gasteiger partial charge is 0.0174 e. The summed E-state index contributed by atoms with van der Waals surface area (Å²) in [4.78, 5) is 0. The molecule has 0 aromatic heterocycles. The van der Waals surface area contributed by atoms with Crippen LogP contribution in [0, 0.1) is 5.92 Å². The minimum atomic E-state index is 0.745. The largest absolute Gasteiger partial charge is 0.312 e. The molecule has 1 aliphatic heterocycles. The van der Waals surface area contributed by atoms with E-state index in [-0.39, 0.29) is 0 Å². The van der Waals surface area contributed by atoms with Crippen LogP contribution in [-0.2, 0) is 0 Å². The van der Waals surface area contributed by atoms with Gasteiger partial charge in [0, 0.05) is 19.0 Å². The van der Waals surface area contributed by atoms with E-state index in [0.29, 0.717) is 0 Å². The van der Waals surface area contributed by atoms with E-state index in [9.17, 15) is 0 Å². The van der Waals surface area contributed by atoms with Crippen LogP contribution in [-0.4, -0.2) is 13.1 Å². The number of allylic oxidation sites excluding steroid dienone is 2. The molecule has 2 rings (SSSR count). The second-order valence-electron chi connectivity index (χ2n) is 2.36. The fourth-order valence-corrected chi connectivity index (χ4v) is 1.32. The second kappa shape index (κ2) is 1.46. The van der Waals surface area contributed by atoms with Crippen LogP contribution >= 0.6 is 0 Å². The van der Waals surface area contributed by atoms with Crippen LogP contribution in [0.15, 0.2) is 23.8 Å². The summed E-state index contributed by atoms with van der Waals surface area (Å²) in [6.45, 7) is 2.26. The van der Waals surface area contributed by atoms with Gasteiger partial charge in [-0.2, -0.15) is 0 Å². The molecule has 42 valence electrons. The predicted octanol–water partition coefficient (Wildman–Crippen LogP) is 0.702. The fraction of sp³-hybridized carbons (Fsp3) is 0.429. The summed E-state index contributed by atoms with van der Waals surface area (Å²) >= 11 is 0. The van der Waals surface area contributed by atoms with Gasteiger partial charge < -0.3 is 5.32 Å². The maximum atomic E-state index is 3.30. The highest BCUT2D eigenvalue weighted by molar-refractivity contribution is 5.31. The van der Waals surface area contributed by atoms with Gasteiger partial charge in [-0.25, -0.2) is 0 Å². The van der Waals surface area contributed by atoms with Crippen LogP contribution in [0.4, 0.5) is 0 Å². The van der Waals surface area contributed by atoms with Crippen LogP contribution in [0.2, 0.25) is 0 Å². The first-order valence-corrected chi connectivity index (χ1v) is 3.05. The number of hydrogen-bond donors (Lipinski definition) is 1. The number of rotatable bonds is 0. The molecule has 1 unspecified atom stereocenters. The van der Waals surface area contributed by atoms with Crippen molar-refractivity contribution in [2.24, 2.45) is 5.92 Å². The first-order chi connectivity index (χ1) is 3.97. The Hall–Kier alpha value is -0.560. The van der Waals surface area contributed by atoms with Crippen LogP contribution in [0.25, 0.3) is 0 Å². The zero-order chi connectivity index (χ0) is 5.40. The van der Waals surface area contributed by atoms with Crippen molar-refractivity contribution in [3.05, 3.63) is 23.8 Å². The van der Waals surface area contributed by atoms with Gasteiger partial charge in [-0.05, 0) is 5.57 Å². The molecule has 8 heavy (non-hydrogen) atoms. The molecule has 1 aliphatic carbocycles. The molecule has 0 aromatic carbocycles. The number of nitrogens with one attached hydrogen (secondary N) is 1. The van der Waals surface area contributed by atoms with Gasteiger partial charge in [0.15, 0.2) is 0 Å². The fourth-order valence-electron chi connectivity index (χ4n) is 1.32. The molecule has 2 aliphatic rings. The average molecular weight is 107 g/mol. The van der Waals surface area contributed by atoms with Gasteiger partial charge in [0.1, 0.15) is 0 Å². The summed E-state index contributed by atoms with van der Waals surface area (Å²) in [5.41, 5.74) is 1.56. The van der Waals surface area contributed by atoms with Gasteiger partial charge in [0.05, 0.1) is 0 Å². The minimum absolute atomic E-state index is 0.745. The van der Waals surface area contributed by atoms with E-state index in [1.54, 1.807) is 5.57 Å². The molecule has 1 heterocycles. The minimum Gasteiger partial charge on any atom is -0.312 e. The Morgan fingerprint density at radius 3 is 3.50 bits per heavy atom. The van der Waals surface area contributed by atoms with Crippen molar-refractivity contribution in [1.82, 2.24) is 5.32 Å². The van der Waals surface area contributed by atoms with E-state index in [1.807, 2.05) is 0 Å². The summed E-state index contributed by atoms with van der Waals surface area (Å²) in [5.74, 6) is 0.745. The topological polar surface area (TPSA) is 12.0 Å². The molecule has 1 fully saturated rings. The Labute approximate surface area is 49.1 Å². The third kappa shape index (κ3) is 0.450. The van der Waals surface area contributed by atoms with Crippen molar-refractivity contribution >= 4 is 0 Å². The van der Waals surface area contributed by atoms with Gasteiger partial charge in [-0.15, -0.1) is 0 Å². The summed E-state index contributed by atoms with van der Waals surface area (Å²) in [7, 11) is 0. The van der Waals surface area contributed by atoms with Crippen LogP contribution < -0.4 is 5.32 Å². The molecule has 1 atom stereocenters. The van der Waals surface area contributed by atoms with E-state index in [4.69, 9.17) is 0 Å². The Bertz CT molecular complexity index is 156. The molecule has 1 nitrogen and oxygen atoms in total. The molecule has 0 aromatic rings. The molecule has 0 spiro atoms. The molecule has 1 saturated heterocycles. The van der Waals surface area contributed by atoms with Crippen LogP contribution in [0.5, 0.6) is 0 Å². The quantitative estimate of drug-likeness (QED) is 0.480. The van der Waals surface area contributed by atoms with E-state index < -0.39 is 0 Å². The zero-order valence-corrected chi connectivity index (χ0v) is 4.72. The Kier molecular flexibility index (Phi) is 0.788. The molecule has 1 heteroatoms. The highest BCUT2D eigenvalue weighted by Gasteiger charge is 2.18. The Balaban J connectivity index is 2.29. The van der Waals surface area contributed by atoms with Gasteiger partial charge in [-0.1, -0.05) is 18.2 Å². The predicted molar refractivity (Wildman–Crippen MR) is 33.6 cm³/mol. The van der Waals surface area contributed by atoms with E-state index in [2.05, 4.69) is 23.5 Å². The molecular formula is C7H9N. The summed E-state index contributed by atoms with van der Waals surface area (Å²) in [6.07, 6.45) is 6.63. The van der Waals surface area contributed by atoms with E-state index >= 15 is 0 Å². The van der Waals surface area contributed by atoms with Crippen molar-refractivity contribution in [3.63, 3.8) is 0 Å². The van der Waals surface area contributed by atoms with Crippen molar-refractivity contribution in [1.29, 1.82) is 0 Å². The zero-order valence-electron chi connectivity index (χ0n) is 4.72. The Morgan fingerprint density at radius 1 is 1.62 bits per heavy atom. The molecule has 0 amide bonds. The first-order valence-electron chi connectivity index (χ1n) is 3.05. The van der Waals surface area contributed by atoms with Crippen LogP contribution in [0.1, 0.15) is 0 Å². The Morgan fingerprint density at radius 2 is 2.62 bits per heavy atom. The lowest BCUT2D eigenvalue weighted by Gasteiger charge is -1.94. The maximum absolute atomic E-state index is 3.30. The third-order valence-corrected chi connectivity index (χ3v) is 1.82. The van der Waals surface area contributed by atoms with Gasteiger partial charge >= 0.3 is 0 Å². The monoisotopic (exact) mass is 107 g/mol. The maximum Gasteiger partial charge on any atom is 0.0174 e. The second-order valence-corrected chi connectivity index (χ2v) is 2.36. The van der Waals surface area contributed by atoms with Gasteiger partial charge in [0.25, 0.3) is 0 Å². The first kappa shape index (κ1) is 4.33. The van der Waals surface area contributed by atoms with E-state index in [0.717, 1.165) is 19.0 Å². The standard InChI is InChI=1S/C7H9N/c1-2-6-4-8-5-7(6)3-1/h1-3,6,8H,4-5H2.